The Bertz CT molecular complexity index is 819. The highest BCUT2D eigenvalue weighted by Gasteiger charge is 2.16. The maximum absolute atomic E-state index is 12.1. The van der Waals surface area contributed by atoms with Gasteiger partial charge in [0.15, 0.2) is 0 Å². The van der Waals surface area contributed by atoms with E-state index in [2.05, 4.69) is 57.4 Å². The van der Waals surface area contributed by atoms with Crippen LogP contribution in [0.4, 0.5) is 0 Å². The van der Waals surface area contributed by atoms with Gasteiger partial charge in [0.25, 0.3) is 0 Å². The van der Waals surface area contributed by atoms with E-state index < -0.39 is 0 Å². The van der Waals surface area contributed by atoms with Gasteiger partial charge in [-0.05, 0) is 30.5 Å². The van der Waals surface area contributed by atoms with Crippen molar-refractivity contribution in [3.05, 3.63) is 65.7 Å². The molecule has 0 aliphatic heterocycles. The molecular weight excluding hydrogens is 434 g/mol. The van der Waals surface area contributed by atoms with Gasteiger partial charge in [0, 0.05) is 12.0 Å². The van der Waals surface area contributed by atoms with E-state index in [4.69, 9.17) is 9.47 Å². The number of esters is 1. The van der Waals surface area contributed by atoms with E-state index in [9.17, 15) is 4.79 Å². The molecule has 0 saturated carbocycles. The third kappa shape index (κ3) is 14.0. The standard InChI is InChI=1S/C31H48NO3/c1-4-5-6-7-8-9-10-11-13-18-28-21-16-22-30(25-28)34-27-35-31(33)23-17-24-32(2,3)26-29-19-14-12-15-20-29/h12,14-16,19-22,25H,4-11,13,17-18,23-24,26-27H2,1-3H3/q+1. The molecule has 0 N–H and O–H groups in total. The number of nitrogens with zero attached hydrogens (tertiary/aromatic N) is 1. The molecule has 0 atom stereocenters. The highest BCUT2D eigenvalue weighted by atomic mass is 16.7. The molecule has 194 valence electrons. The van der Waals surface area contributed by atoms with Crippen molar-refractivity contribution in [1.29, 1.82) is 0 Å². The SMILES string of the molecule is CCCCCCCCCCCc1cccc(OCOC(=O)CCC[N+](C)(C)Cc2ccccc2)c1. The highest BCUT2D eigenvalue weighted by Crippen LogP contribution is 2.17. The summed E-state index contributed by atoms with van der Waals surface area (Å²) in [7, 11) is 4.40. The Morgan fingerprint density at radius 1 is 0.771 bits per heavy atom. The van der Waals surface area contributed by atoms with E-state index in [1.54, 1.807) is 0 Å². The molecule has 0 bridgehead atoms. The lowest BCUT2D eigenvalue weighted by Crippen LogP contribution is -2.39. The number of hydrogen-bond acceptors (Lipinski definition) is 3. The van der Waals surface area contributed by atoms with Crippen molar-refractivity contribution in [1.82, 2.24) is 0 Å². The Morgan fingerprint density at radius 2 is 1.43 bits per heavy atom. The van der Waals surface area contributed by atoms with Gasteiger partial charge in [0.1, 0.15) is 12.3 Å². The van der Waals surface area contributed by atoms with Crippen LogP contribution in [0.1, 0.15) is 88.7 Å². The average molecular weight is 483 g/mol. The van der Waals surface area contributed by atoms with E-state index in [-0.39, 0.29) is 12.8 Å². The fourth-order valence-corrected chi connectivity index (χ4v) is 4.47. The van der Waals surface area contributed by atoms with Crippen LogP contribution in [0.3, 0.4) is 0 Å². The minimum Gasteiger partial charge on any atom is -0.457 e. The number of benzene rings is 2. The second-order valence-corrected chi connectivity index (χ2v) is 10.4. The molecule has 0 saturated heterocycles. The smallest absolute Gasteiger partial charge is 0.308 e. The van der Waals surface area contributed by atoms with E-state index in [0.717, 1.165) is 36.2 Å². The Morgan fingerprint density at radius 3 is 2.14 bits per heavy atom. The zero-order valence-corrected chi connectivity index (χ0v) is 22.5. The van der Waals surface area contributed by atoms with E-state index in [0.29, 0.717) is 6.42 Å². The first-order valence-corrected chi connectivity index (χ1v) is 13.7. The summed E-state index contributed by atoms with van der Waals surface area (Å²) in [4.78, 5) is 12.1. The maximum Gasteiger partial charge on any atom is 0.308 e. The van der Waals surface area contributed by atoms with E-state index in [1.165, 1.54) is 68.9 Å². The Labute approximate surface area is 214 Å². The molecule has 0 aliphatic carbocycles. The minimum absolute atomic E-state index is 0.0252. The third-order valence-electron chi connectivity index (χ3n) is 6.51. The van der Waals surface area contributed by atoms with Gasteiger partial charge in [0.05, 0.1) is 27.1 Å². The number of ether oxygens (including phenoxy) is 2. The van der Waals surface area contributed by atoms with Crippen molar-refractivity contribution in [2.24, 2.45) is 0 Å². The van der Waals surface area contributed by atoms with Crippen LogP contribution >= 0.6 is 0 Å². The predicted molar refractivity (Wildman–Crippen MR) is 145 cm³/mol. The van der Waals surface area contributed by atoms with Crippen LogP contribution in [-0.4, -0.2) is 37.9 Å². The molecule has 4 heteroatoms. The van der Waals surface area contributed by atoms with Gasteiger partial charge in [-0.1, -0.05) is 101 Å². The van der Waals surface area contributed by atoms with Crippen LogP contribution in [0, 0.1) is 0 Å². The van der Waals surface area contributed by atoms with E-state index >= 15 is 0 Å². The zero-order valence-electron chi connectivity index (χ0n) is 22.5. The fraction of sp³-hybridized carbons (Fsp3) is 0.581. The zero-order chi connectivity index (χ0) is 25.2. The lowest BCUT2D eigenvalue weighted by atomic mass is 10.0. The summed E-state index contributed by atoms with van der Waals surface area (Å²) in [6.45, 7) is 4.12. The topological polar surface area (TPSA) is 35.5 Å². The molecule has 4 nitrogen and oxygen atoms in total. The quantitative estimate of drug-likeness (QED) is 0.0891. The summed E-state index contributed by atoms with van der Waals surface area (Å²) in [5, 5.41) is 0. The molecule has 0 aliphatic rings. The van der Waals surface area contributed by atoms with Crippen LogP contribution in [0.15, 0.2) is 54.6 Å². The normalized spacial score (nSPS) is 11.4. The Balaban J connectivity index is 1.55. The van der Waals surface area contributed by atoms with Crippen LogP contribution in [0.2, 0.25) is 0 Å². The molecule has 0 radical (unpaired) electrons. The van der Waals surface area contributed by atoms with Crippen molar-refractivity contribution < 1.29 is 18.8 Å². The van der Waals surface area contributed by atoms with Gasteiger partial charge in [0.2, 0.25) is 6.79 Å². The van der Waals surface area contributed by atoms with Crippen molar-refractivity contribution in [2.45, 2.75) is 90.5 Å². The molecule has 0 heterocycles. The van der Waals surface area contributed by atoms with Crippen molar-refractivity contribution in [2.75, 3.05) is 27.4 Å². The molecule has 0 fully saturated rings. The summed E-state index contributed by atoms with van der Waals surface area (Å²) in [5.74, 6) is 0.572. The Hall–Kier alpha value is -2.33. The first-order chi connectivity index (χ1) is 17.0. The third-order valence-corrected chi connectivity index (χ3v) is 6.51. The molecular formula is C31H48NO3+. The lowest BCUT2D eigenvalue weighted by molar-refractivity contribution is -0.903. The van der Waals surface area contributed by atoms with Crippen LogP contribution in [-0.2, 0) is 22.5 Å². The van der Waals surface area contributed by atoms with Crippen LogP contribution < -0.4 is 4.74 Å². The summed E-state index contributed by atoms with van der Waals surface area (Å²) in [6, 6.07) is 18.6. The van der Waals surface area contributed by atoms with Crippen molar-refractivity contribution in [3.8, 4) is 5.75 Å². The van der Waals surface area contributed by atoms with Crippen molar-refractivity contribution in [3.63, 3.8) is 0 Å². The molecule has 2 aromatic carbocycles. The average Bonchev–Trinajstić information content (AvgIpc) is 2.83. The van der Waals surface area contributed by atoms with Gasteiger partial charge in [-0.2, -0.15) is 0 Å². The van der Waals surface area contributed by atoms with Gasteiger partial charge in [-0.15, -0.1) is 0 Å². The Kier molecular flexibility index (Phi) is 14.2. The second-order valence-electron chi connectivity index (χ2n) is 10.4. The number of hydrogen-bond donors (Lipinski definition) is 0. The summed E-state index contributed by atoms with van der Waals surface area (Å²) < 4.78 is 11.8. The predicted octanol–water partition coefficient (Wildman–Crippen LogP) is 7.70. The summed E-state index contributed by atoms with van der Waals surface area (Å²) in [5.41, 5.74) is 2.60. The molecule has 0 unspecified atom stereocenters. The number of unbranched alkanes of at least 4 members (excludes halogenated alkanes) is 8. The lowest BCUT2D eigenvalue weighted by Gasteiger charge is -2.29. The molecule has 0 aromatic heterocycles. The number of carbonyl (C=O) groups is 1. The minimum atomic E-state index is -0.199. The van der Waals surface area contributed by atoms with Crippen LogP contribution in [0.5, 0.6) is 5.75 Å². The molecule has 35 heavy (non-hydrogen) atoms. The highest BCUT2D eigenvalue weighted by molar-refractivity contribution is 5.69. The second kappa shape index (κ2) is 17.2. The van der Waals surface area contributed by atoms with Crippen LogP contribution in [0.25, 0.3) is 0 Å². The number of aryl methyl sites for hydroxylation is 1. The fourth-order valence-electron chi connectivity index (χ4n) is 4.47. The van der Waals surface area contributed by atoms with E-state index in [1.807, 2.05) is 18.2 Å². The molecule has 2 rings (SSSR count). The van der Waals surface area contributed by atoms with Crippen molar-refractivity contribution >= 4 is 5.97 Å². The number of quaternary nitrogens is 1. The molecule has 0 amide bonds. The van der Waals surface area contributed by atoms with Gasteiger partial charge >= 0.3 is 5.97 Å². The first kappa shape index (κ1) is 28.9. The maximum atomic E-state index is 12.1. The summed E-state index contributed by atoms with van der Waals surface area (Å²) >= 11 is 0. The molecule has 0 spiro atoms. The largest absolute Gasteiger partial charge is 0.457 e. The molecule has 2 aromatic rings. The number of carbonyl (C=O) groups excluding carboxylic acids is 1. The first-order valence-electron chi connectivity index (χ1n) is 13.7. The van der Waals surface area contributed by atoms with Gasteiger partial charge < -0.3 is 14.0 Å². The number of rotatable bonds is 19. The van der Waals surface area contributed by atoms with Gasteiger partial charge in [-0.3, -0.25) is 4.79 Å². The van der Waals surface area contributed by atoms with Gasteiger partial charge in [-0.25, -0.2) is 0 Å². The summed E-state index contributed by atoms with van der Waals surface area (Å²) in [6.07, 6.45) is 14.4. The monoisotopic (exact) mass is 482 g/mol.